The first-order valence-corrected chi connectivity index (χ1v) is 10.7. The summed E-state index contributed by atoms with van der Waals surface area (Å²) in [5, 5.41) is 9.71. The minimum absolute atomic E-state index is 0.0450. The Hall–Kier alpha value is -3.92. The molecule has 3 aromatic rings. The number of carbonyl (C=O) groups is 1. The molecule has 2 aromatic heterocycles. The van der Waals surface area contributed by atoms with Gasteiger partial charge in [-0.2, -0.15) is 13.2 Å². The number of aliphatic hydroxyl groups excluding tert-OH is 1. The zero-order valence-corrected chi connectivity index (χ0v) is 19.2. The highest BCUT2D eigenvalue weighted by Crippen LogP contribution is 2.34. The molecule has 0 saturated carbocycles. The zero-order valence-electron chi connectivity index (χ0n) is 19.2. The number of aliphatic hydroxyl groups is 1. The maximum atomic E-state index is 13.5. The minimum atomic E-state index is -4.65. The van der Waals surface area contributed by atoms with Gasteiger partial charge in [-0.1, -0.05) is 30.4 Å². The molecule has 35 heavy (non-hydrogen) atoms. The van der Waals surface area contributed by atoms with Crippen molar-refractivity contribution in [1.29, 1.82) is 0 Å². The molecule has 0 radical (unpaired) electrons. The van der Waals surface area contributed by atoms with Crippen LogP contribution in [0.5, 0.6) is 0 Å². The monoisotopic (exact) mass is 489 g/mol. The SMILES string of the molecule is CCOC=O.CO.O=c1cc(NC2=CCCC=C2)n(-c2ccccc2)c2nccc(C(F)(F)F)c12. The van der Waals surface area contributed by atoms with Crippen LogP contribution in [0.4, 0.5) is 19.0 Å². The van der Waals surface area contributed by atoms with E-state index in [2.05, 4.69) is 15.0 Å². The van der Waals surface area contributed by atoms with Crippen LogP contribution in [-0.2, 0) is 15.7 Å². The molecule has 1 aliphatic carbocycles. The lowest BCUT2D eigenvalue weighted by atomic mass is 10.1. The molecule has 1 aliphatic rings. The molecule has 0 amide bonds. The Labute approximate surface area is 200 Å². The number of aromatic nitrogens is 2. The van der Waals surface area contributed by atoms with Crippen molar-refractivity contribution in [3.8, 4) is 5.69 Å². The lowest BCUT2D eigenvalue weighted by Gasteiger charge is -2.20. The lowest BCUT2D eigenvalue weighted by molar-refractivity contribution is -0.136. The fourth-order valence-corrected chi connectivity index (χ4v) is 3.33. The summed E-state index contributed by atoms with van der Waals surface area (Å²) in [6, 6.07) is 10.9. The number of fused-ring (bicyclic) bond motifs is 1. The molecule has 1 aromatic carbocycles. The molecule has 0 spiro atoms. The number of hydrogen-bond donors (Lipinski definition) is 2. The molecule has 0 bridgehead atoms. The molecule has 2 heterocycles. The summed E-state index contributed by atoms with van der Waals surface area (Å²) in [6.45, 7) is 2.66. The number of allylic oxidation sites excluding steroid dienone is 3. The van der Waals surface area contributed by atoms with Crippen LogP contribution in [0.3, 0.4) is 0 Å². The molecule has 0 atom stereocenters. The molecule has 186 valence electrons. The number of alkyl halides is 3. The minimum Gasteiger partial charge on any atom is -0.468 e. The molecule has 0 aliphatic heterocycles. The smallest absolute Gasteiger partial charge is 0.417 e. The highest BCUT2D eigenvalue weighted by Gasteiger charge is 2.34. The third-order valence-corrected chi connectivity index (χ3v) is 4.72. The highest BCUT2D eigenvalue weighted by molar-refractivity contribution is 5.83. The van der Waals surface area contributed by atoms with Crippen molar-refractivity contribution in [3.05, 3.63) is 88.4 Å². The average Bonchev–Trinajstić information content (AvgIpc) is 2.86. The van der Waals surface area contributed by atoms with E-state index in [9.17, 15) is 22.8 Å². The van der Waals surface area contributed by atoms with E-state index >= 15 is 0 Å². The number of pyridine rings is 2. The van der Waals surface area contributed by atoms with Gasteiger partial charge in [0.05, 0.1) is 17.6 Å². The van der Waals surface area contributed by atoms with E-state index in [1.807, 2.05) is 24.3 Å². The Morgan fingerprint density at radius 2 is 1.89 bits per heavy atom. The van der Waals surface area contributed by atoms with Crippen molar-refractivity contribution in [1.82, 2.24) is 9.55 Å². The summed E-state index contributed by atoms with van der Waals surface area (Å²) in [5.74, 6) is 0.355. The summed E-state index contributed by atoms with van der Waals surface area (Å²) in [7, 11) is 1.00. The van der Waals surface area contributed by atoms with E-state index < -0.39 is 22.6 Å². The largest absolute Gasteiger partial charge is 0.468 e. The Morgan fingerprint density at radius 3 is 2.43 bits per heavy atom. The first kappa shape index (κ1) is 27.3. The first-order valence-electron chi connectivity index (χ1n) is 10.7. The Morgan fingerprint density at radius 1 is 1.17 bits per heavy atom. The number of anilines is 1. The summed E-state index contributed by atoms with van der Waals surface area (Å²) in [6.07, 6.45) is 4.04. The number of nitrogens with zero attached hydrogens (tertiary/aromatic N) is 2. The number of hydrogen-bond acceptors (Lipinski definition) is 6. The van der Waals surface area contributed by atoms with E-state index in [0.717, 1.165) is 37.9 Å². The normalized spacial score (nSPS) is 12.5. The van der Waals surface area contributed by atoms with E-state index in [0.29, 0.717) is 24.6 Å². The van der Waals surface area contributed by atoms with E-state index in [1.54, 1.807) is 31.2 Å². The fraction of sp³-hybridized carbons (Fsp3) is 0.240. The fourth-order valence-electron chi connectivity index (χ4n) is 3.33. The maximum absolute atomic E-state index is 13.5. The van der Waals surface area contributed by atoms with E-state index in [4.69, 9.17) is 5.11 Å². The summed E-state index contributed by atoms with van der Waals surface area (Å²) in [5.41, 5.74) is -0.388. The van der Waals surface area contributed by atoms with Gasteiger partial charge >= 0.3 is 6.18 Å². The number of para-hydroxylation sites is 1. The van der Waals surface area contributed by atoms with Gasteiger partial charge in [0.25, 0.3) is 6.47 Å². The molecule has 2 N–H and O–H groups in total. The van der Waals surface area contributed by atoms with E-state index in [1.165, 1.54) is 10.6 Å². The van der Waals surface area contributed by atoms with Crippen LogP contribution in [-0.4, -0.2) is 34.8 Å². The molecule has 7 nitrogen and oxygen atoms in total. The Bertz CT molecular complexity index is 1240. The van der Waals surface area contributed by atoms with Gasteiger partial charge in [0.15, 0.2) is 11.1 Å². The average molecular weight is 489 g/mol. The predicted octanol–water partition coefficient (Wildman–Crippen LogP) is 4.84. The predicted molar refractivity (Wildman–Crippen MR) is 128 cm³/mol. The second-order valence-corrected chi connectivity index (χ2v) is 6.94. The Balaban J connectivity index is 0.000000551. The molecule has 4 rings (SSSR count). The van der Waals surface area contributed by atoms with Crippen LogP contribution < -0.4 is 10.7 Å². The van der Waals surface area contributed by atoms with Crippen LogP contribution in [0.15, 0.2) is 77.4 Å². The van der Waals surface area contributed by atoms with Gasteiger partial charge in [-0.05, 0) is 44.0 Å². The summed E-state index contributed by atoms with van der Waals surface area (Å²) >= 11 is 0. The molecule has 0 fully saturated rings. The second-order valence-electron chi connectivity index (χ2n) is 6.94. The van der Waals surface area contributed by atoms with Gasteiger partial charge in [-0.25, -0.2) is 4.98 Å². The third kappa shape index (κ3) is 7.03. The number of carbonyl (C=O) groups excluding carboxylic acids is 1. The topological polar surface area (TPSA) is 93.5 Å². The van der Waals surface area contributed by atoms with Gasteiger partial charge in [0, 0.05) is 30.8 Å². The van der Waals surface area contributed by atoms with Crippen LogP contribution in [0.25, 0.3) is 16.7 Å². The number of nitrogens with one attached hydrogen (secondary N) is 1. The zero-order chi connectivity index (χ0) is 25.8. The van der Waals surface area contributed by atoms with Crippen molar-refractivity contribution < 1.29 is 27.8 Å². The quantitative estimate of drug-likeness (QED) is 0.499. The second kappa shape index (κ2) is 13.1. The summed E-state index contributed by atoms with van der Waals surface area (Å²) < 4.78 is 46.2. The molecular formula is C25H26F3N3O4. The molecule has 10 heteroatoms. The van der Waals surface area contributed by atoms with Gasteiger partial charge in [0.2, 0.25) is 0 Å². The number of benzene rings is 1. The first-order chi connectivity index (χ1) is 16.9. The van der Waals surface area contributed by atoms with Gasteiger partial charge in [0.1, 0.15) is 5.82 Å². The van der Waals surface area contributed by atoms with Gasteiger partial charge < -0.3 is 15.2 Å². The van der Waals surface area contributed by atoms with E-state index in [-0.39, 0.29) is 5.65 Å². The van der Waals surface area contributed by atoms with Gasteiger partial charge in [-0.3, -0.25) is 14.2 Å². The molecule has 0 saturated heterocycles. The molecular weight excluding hydrogens is 463 g/mol. The van der Waals surface area contributed by atoms with Crippen LogP contribution in [0.2, 0.25) is 0 Å². The van der Waals surface area contributed by atoms with Gasteiger partial charge in [-0.15, -0.1) is 0 Å². The highest BCUT2D eigenvalue weighted by atomic mass is 19.4. The van der Waals surface area contributed by atoms with Crippen molar-refractivity contribution >= 4 is 23.3 Å². The van der Waals surface area contributed by atoms with Crippen molar-refractivity contribution in [2.75, 3.05) is 19.0 Å². The van der Waals surface area contributed by atoms with Crippen molar-refractivity contribution in [2.45, 2.75) is 25.9 Å². The van der Waals surface area contributed by atoms with Crippen molar-refractivity contribution in [2.24, 2.45) is 0 Å². The van der Waals surface area contributed by atoms with Crippen LogP contribution in [0, 0.1) is 0 Å². The summed E-state index contributed by atoms with van der Waals surface area (Å²) in [4.78, 5) is 26.0. The van der Waals surface area contributed by atoms with Crippen LogP contribution >= 0.6 is 0 Å². The third-order valence-electron chi connectivity index (χ3n) is 4.72. The standard InChI is InChI=1S/C21H16F3N3O.C3H6O2.CH4O/c22-21(23,24)16-11-12-25-20-19(16)17(28)13-18(26-14-7-3-1-4-8-14)27(20)15-9-5-2-6-10-15;1-2-5-3-4;1-2/h2-3,5-13,26H,1,4H2;3H,2H2,1H3;2H,1H3. The Kier molecular flexibility index (Phi) is 10.2. The van der Waals surface area contributed by atoms with Crippen LogP contribution in [0.1, 0.15) is 25.3 Å². The maximum Gasteiger partial charge on any atom is 0.417 e. The number of ether oxygens (including phenoxy) is 1. The van der Waals surface area contributed by atoms with Crippen molar-refractivity contribution in [3.63, 3.8) is 0 Å². The number of rotatable bonds is 5. The molecule has 0 unspecified atom stereocenters. The lowest BCUT2D eigenvalue weighted by Crippen LogP contribution is -2.19. The number of halogens is 3.